The maximum atomic E-state index is 11.6. The number of nitrogens with zero attached hydrogens (tertiary/aromatic N) is 1. The van der Waals surface area contributed by atoms with Crippen LogP contribution in [0.3, 0.4) is 0 Å². The first-order valence-electron chi connectivity index (χ1n) is 7.42. The molecule has 0 atom stereocenters. The summed E-state index contributed by atoms with van der Waals surface area (Å²) in [4.78, 5) is 16.6. The third-order valence-electron chi connectivity index (χ3n) is 3.97. The van der Waals surface area contributed by atoms with Gasteiger partial charge in [0.2, 0.25) is 0 Å². The molecule has 0 amide bonds. The second-order valence-corrected chi connectivity index (χ2v) is 8.03. The summed E-state index contributed by atoms with van der Waals surface area (Å²) in [6.07, 6.45) is 6.93. The Kier molecular flexibility index (Phi) is 3.97. The van der Waals surface area contributed by atoms with E-state index in [2.05, 4.69) is 36.7 Å². The van der Waals surface area contributed by atoms with Gasteiger partial charge in [0.25, 0.3) is 0 Å². The lowest BCUT2D eigenvalue weighted by molar-refractivity contribution is -0.110. The van der Waals surface area contributed by atoms with E-state index in [1.165, 1.54) is 0 Å². The Hall–Kier alpha value is -1.45. The van der Waals surface area contributed by atoms with E-state index in [0.29, 0.717) is 5.02 Å². The minimum absolute atomic E-state index is 0.0124. The second-order valence-electron chi connectivity index (χ2n) is 6.80. The van der Waals surface area contributed by atoms with Gasteiger partial charge in [0.15, 0.2) is 5.78 Å². The summed E-state index contributed by atoms with van der Waals surface area (Å²) >= 11 is 9.77. The van der Waals surface area contributed by atoms with Gasteiger partial charge in [-0.1, -0.05) is 44.5 Å². The molecule has 0 aromatic heterocycles. The highest BCUT2D eigenvalue weighted by atomic mass is 79.9. The van der Waals surface area contributed by atoms with Crippen molar-refractivity contribution in [3.05, 3.63) is 63.6 Å². The van der Waals surface area contributed by atoms with Crippen LogP contribution in [-0.2, 0) is 4.79 Å². The molecular weight excluding hydrogens is 374 g/mol. The molecule has 1 aromatic carbocycles. The maximum Gasteiger partial charge on any atom is 0.178 e. The SMILES string of the molecule is CC(C)(C)C1=NC2(C=CC(=O)C=C2)C(c2ccc(Cl)cc2)=C1Br. The van der Waals surface area contributed by atoms with Gasteiger partial charge < -0.3 is 0 Å². The molecule has 1 aromatic rings. The summed E-state index contributed by atoms with van der Waals surface area (Å²) in [5.74, 6) is -0.0124. The molecule has 0 fully saturated rings. The van der Waals surface area contributed by atoms with Crippen molar-refractivity contribution in [2.75, 3.05) is 0 Å². The third-order valence-corrected chi connectivity index (χ3v) is 5.00. The van der Waals surface area contributed by atoms with Gasteiger partial charge in [0.1, 0.15) is 5.54 Å². The van der Waals surface area contributed by atoms with Crippen molar-refractivity contribution >= 4 is 44.6 Å². The lowest BCUT2D eigenvalue weighted by Gasteiger charge is -2.25. The minimum Gasteiger partial charge on any atom is -0.290 e. The lowest BCUT2D eigenvalue weighted by atomic mass is 9.83. The van der Waals surface area contributed by atoms with Crippen molar-refractivity contribution in [2.45, 2.75) is 26.3 Å². The zero-order valence-corrected chi connectivity index (χ0v) is 15.6. The van der Waals surface area contributed by atoms with Gasteiger partial charge in [-0.2, -0.15) is 0 Å². The molecule has 0 unspecified atom stereocenters. The van der Waals surface area contributed by atoms with Crippen LogP contribution in [0.15, 0.2) is 58.0 Å². The molecule has 23 heavy (non-hydrogen) atoms. The van der Waals surface area contributed by atoms with E-state index in [0.717, 1.165) is 21.3 Å². The van der Waals surface area contributed by atoms with Crippen LogP contribution in [0.5, 0.6) is 0 Å². The smallest absolute Gasteiger partial charge is 0.178 e. The number of hydrogen-bond acceptors (Lipinski definition) is 2. The fourth-order valence-electron chi connectivity index (χ4n) is 2.83. The molecule has 118 valence electrons. The second kappa shape index (κ2) is 5.57. The van der Waals surface area contributed by atoms with Gasteiger partial charge in [-0.3, -0.25) is 9.79 Å². The van der Waals surface area contributed by atoms with E-state index in [1.54, 1.807) is 12.2 Å². The minimum atomic E-state index is -0.636. The third kappa shape index (κ3) is 2.88. The summed E-state index contributed by atoms with van der Waals surface area (Å²) in [6.45, 7) is 6.40. The Bertz CT molecular complexity index is 776. The summed E-state index contributed by atoms with van der Waals surface area (Å²) < 4.78 is 0.982. The average Bonchev–Trinajstić information content (AvgIpc) is 2.77. The number of allylic oxidation sites excluding steroid dienone is 3. The van der Waals surface area contributed by atoms with Crippen molar-refractivity contribution in [3.8, 4) is 0 Å². The summed E-state index contributed by atoms with van der Waals surface area (Å²) in [5, 5.41) is 0.694. The summed E-state index contributed by atoms with van der Waals surface area (Å²) in [5.41, 5.74) is 2.32. The number of benzene rings is 1. The molecular formula is C19H17BrClNO. The van der Waals surface area contributed by atoms with Crippen molar-refractivity contribution in [1.82, 2.24) is 0 Å². The highest BCUT2D eigenvalue weighted by molar-refractivity contribution is 9.12. The van der Waals surface area contributed by atoms with Crippen LogP contribution in [-0.4, -0.2) is 17.0 Å². The maximum absolute atomic E-state index is 11.6. The highest BCUT2D eigenvalue weighted by Crippen LogP contribution is 2.47. The number of ketones is 1. The molecule has 1 heterocycles. The standard InChI is InChI=1S/C19H17BrClNO/c1-18(2,3)17-16(20)15(12-4-6-13(21)7-5-12)19(22-17)10-8-14(23)9-11-19/h4-11H,1-3H3. The van der Waals surface area contributed by atoms with Gasteiger partial charge in [-0.25, -0.2) is 0 Å². The summed E-state index contributed by atoms with van der Waals surface area (Å²) in [6, 6.07) is 7.71. The molecule has 4 heteroatoms. The van der Waals surface area contributed by atoms with Gasteiger partial charge in [-0.05, 0) is 57.9 Å². The molecule has 2 nitrogen and oxygen atoms in total. The van der Waals surface area contributed by atoms with Crippen molar-refractivity contribution < 1.29 is 4.79 Å². The van der Waals surface area contributed by atoms with Crippen LogP contribution in [0.1, 0.15) is 26.3 Å². The number of aliphatic imine (C=N–C) groups is 1. The fraction of sp³-hybridized carbons (Fsp3) is 0.263. The van der Waals surface area contributed by atoms with Crippen LogP contribution < -0.4 is 0 Å². The molecule has 0 radical (unpaired) electrons. The zero-order valence-electron chi connectivity index (χ0n) is 13.2. The van der Waals surface area contributed by atoms with Crippen LogP contribution in [0.4, 0.5) is 0 Å². The van der Waals surface area contributed by atoms with E-state index < -0.39 is 5.54 Å². The average molecular weight is 391 g/mol. The largest absolute Gasteiger partial charge is 0.290 e. The van der Waals surface area contributed by atoms with Crippen molar-refractivity contribution in [1.29, 1.82) is 0 Å². The first-order valence-corrected chi connectivity index (χ1v) is 8.59. The number of rotatable bonds is 1. The van der Waals surface area contributed by atoms with Gasteiger partial charge in [0.05, 0.1) is 5.71 Å². The monoisotopic (exact) mass is 389 g/mol. The van der Waals surface area contributed by atoms with E-state index in [4.69, 9.17) is 16.6 Å². The first-order chi connectivity index (χ1) is 10.7. The topological polar surface area (TPSA) is 29.4 Å². The van der Waals surface area contributed by atoms with Gasteiger partial charge in [-0.15, -0.1) is 0 Å². The Balaban J connectivity index is 2.23. The molecule has 1 aliphatic carbocycles. The molecule has 2 aliphatic rings. The fourth-order valence-corrected chi connectivity index (χ4v) is 4.18. The Morgan fingerprint density at radius 3 is 2.17 bits per heavy atom. The van der Waals surface area contributed by atoms with Crippen LogP contribution in [0.2, 0.25) is 5.02 Å². The molecule has 0 N–H and O–H groups in total. The van der Waals surface area contributed by atoms with Crippen molar-refractivity contribution in [2.24, 2.45) is 10.4 Å². The predicted octanol–water partition coefficient (Wildman–Crippen LogP) is 5.38. The van der Waals surface area contributed by atoms with E-state index >= 15 is 0 Å². The normalized spacial score (nSPS) is 19.7. The summed E-state index contributed by atoms with van der Waals surface area (Å²) in [7, 11) is 0. The Labute approximate surface area is 149 Å². The van der Waals surface area contributed by atoms with E-state index in [9.17, 15) is 4.79 Å². The molecule has 0 bridgehead atoms. The first kappa shape index (κ1) is 16.4. The number of halogens is 2. The highest BCUT2D eigenvalue weighted by Gasteiger charge is 2.42. The van der Waals surface area contributed by atoms with Gasteiger partial charge in [0, 0.05) is 20.5 Å². The van der Waals surface area contributed by atoms with Crippen LogP contribution in [0.25, 0.3) is 5.57 Å². The van der Waals surface area contributed by atoms with Gasteiger partial charge >= 0.3 is 0 Å². The van der Waals surface area contributed by atoms with E-state index in [1.807, 2.05) is 36.4 Å². The quantitative estimate of drug-likeness (QED) is 0.633. The predicted molar refractivity (Wildman–Crippen MR) is 100 cm³/mol. The molecule has 3 rings (SSSR count). The van der Waals surface area contributed by atoms with Crippen LogP contribution in [0, 0.1) is 5.41 Å². The molecule has 1 spiro atoms. The zero-order chi connectivity index (χ0) is 16.8. The van der Waals surface area contributed by atoms with Crippen molar-refractivity contribution in [3.63, 3.8) is 0 Å². The number of carbonyl (C=O) groups is 1. The Morgan fingerprint density at radius 2 is 1.65 bits per heavy atom. The molecule has 0 saturated carbocycles. The van der Waals surface area contributed by atoms with Crippen LogP contribution >= 0.6 is 27.5 Å². The Morgan fingerprint density at radius 1 is 1.09 bits per heavy atom. The number of hydrogen-bond donors (Lipinski definition) is 0. The van der Waals surface area contributed by atoms with E-state index in [-0.39, 0.29) is 11.2 Å². The molecule has 1 aliphatic heterocycles. The number of carbonyl (C=O) groups excluding carboxylic acids is 1. The molecule has 0 saturated heterocycles. The lowest BCUT2D eigenvalue weighted by Crippen LogP contribution is -2.25.